The summed E-state index contributed by atoms with van der Waals surface area (Å²) in [4.78, 5) is 16.3. The minimum absolute atomic E-state index is 0.0988. The van der Waals surface area contributed by atoms with Crippen LogP contribution in [-0.2, 0) is 17.6 Å². The molecule has 1 atom stereocenters. The van der Waals surface area contributed by atoms with Crippen LogP contribution in [0.25, 0.3) is 0 Å². The Morgan fingerprint density at radius 2 is 2.29 bits per heavy atom. The predicted octanol–water partition coefficient (Wildman–Crippen LogP) is 2.40. The lowest BCUT2D eigenvalue weighted by Crippen LogP contribution is -2.38. The summed E-state index contributed by atoms with van der Waals surface area (Å²) in [7, 11) is 0. The van der Waals surface area contributed by atoms with Gasteiger partial charge in [-0.1, -0.05) is 17.7 Å². The number of benzene rings is 1. The van der Waals surface area contributed by atoms with Crippen LogP contribution in [0, 0.1) is 0 Å². The van der Waals surface area contributed by atoms with Crippen molar-refractivity contribution in [2.45, 2.75) is 18.9 Å². The summed E-state index contributed by atoms with van der Waals surface area (Å²) < 4.78 is 5.64. The minimum atomic E-state index is -0.470. The van der Waals surface area contributed by atoms with E-state index in [1.807, 2.05) is 24.3 Å². The van der Waals surface area contributed by atoms with Crippen LogP contribution in [0.15, 0.2) is 42.6 Å². The second kappa shape index (κ2) is 6.14. The van der Waals surface area contributed by atoms with Crippen LogP contribution >= 0.6 is 11.6 Å². The molecular weight excluding hydrogens is 288 g/mol. The Balaban J connectivity index is 1.51. The van der Waals surface area contributed by atoms with Gasteiger partial charge in [-0.2, -0.15) is 0 Å². The maximum atomic E-state index is 12.1. The molecule has 5 heteroatoms. The molecule has 1 aromatic heterocycles. The molecule has 1 aliphatic heterocycles. The van der Waals surface area contributed by atoms with Crippen molar-refractivity contribution in [2.24, 2.45) is 0 Å². The molecule has 1 aromatic carbocycles. The Bertz CT molecular complexity index is 646. The van der Waals surface area contributed by atoms with Gasteiger partial charge in [0.1, 0.15) is 5.75 Å². The first kappa shape index (κ1) is 13.9. The van der Waals surface area contributed by atoms with Gasteiger partial charge in [-0.05, 0) is 35.9 Å². The summed E-state index contributed by atoms with van der Waals surface area (Å²) in [5.74, 6) is 0.641. The normalized spacial score (nSPS) is 16.1. The summed E-state index contributed by atoms with van der Waals surface area (Å²) in [6.45, 7) is 0.548. The molecule has 3 rings (SSSR count). The summed E-state index contributed by atoms with van der Waals surface area (Å²) in [6.07, 6.45) is 2.54. The molecule has 0 saturated carbocycles. The number of pyridine rings is 1. The third-order valence-corrected chi connectivity index (χ3v) is 3.63. The van der Waals surface area contributed by atoms with Crippen molar-refractivity contribution >= 4 is 17.5 Å². The van der Waals surface area contributed by atoms with Crippen molar-refractivity contribution in [1.82, 2.24) is 10.3 Å². The molecular formula is C16H15ClN2O2. The van der Waals surface area contributed by atoms with Crippen LogP contribution in [0.3, 0.4) is 0 Å². The van der Waals surface area contributed by atoms with Crippen molar-refractivity contribution in [2.75, 3.05) is 6.54 Å². The van der Waals surface area contributed by atoms with Crippen LogP contribution in [-0.4, -0.2) is 23.5 Å². The highest BCUT2D eigenvalue weighted by Gasteiger charge is 2.28. The topological polar surface area (TPSA) is 51.2 Å². The summed E-state index contributed by atoms with van der Waals surface area (Å²) in [5.41, 5.74) is 1.94. The van der Waals surface area contributed by atoms with Gasteiger partial charge in [0.25, 0.3) is 5.91 Å². The molecule has 0 bridgehead atoms. The van der Waals surface area contributed by atoms with E-state index in [0.717, 1.165) is 17.0 Å². The number of nitrogens with zero attached hydrogens (tertiary/aromatic N) is 1. The first-order valence-corrected chi connectivity index (χ1v) is 7.23. The lowest BCUT2D eigenvalue weighted by Gasteiger charge is -2.11. The van der Waals surface area contributed by atoms with E-state index >= 15 is 0 Å². The fourth-order valence-electron chi connectivity index (χ4n) is 2.34. The SMILES string of the molecule is O=C(NCCc1ccccn1)C1Cc2cc(Cl)ccc2O1. The van der Waals surface area contributed by atoms with Crippen molar-refractivity contribution < 1.29 is 9.53 Å². The molecule has 1 unspecified atom stereocenters. The lowest BCUT2D eigenvalue weighted by atomic mass is 10.1. The van der Waals surface area contributed by atoms with Crippen molar-refractivity contribution in [3.63, 3.8) is 0 Å². The van der Waals surface area contributed by atoms with E-state index < -0.39 is 6.10 Å². The average Bonchev–Trinajstić information content (AvgIpc) is 2.91. The summed E-state index contributed by atoms with van der Waals surface area (Å²) in [6, 6.07) is 11.2. The van der Waals surface area contributed by atoms with Gasteiger partial charge in [-0.25, -0.2) is 0 Å². The van der Waals surface area contributed by atoms with Crippen molar-refractivity contribution in [1.29, 1.82) is 0 Å². The smallest absolute Gasteiger partial charge is 0.261 e. The Hall–Kier alpha value is -2.07. The molecule has 0 spiro atoms. The number of fused-ring (bicyclic) bond motifs is 1. The van der Waals surface area contributed by atoms with Gasteiger partial charge in [0, 0.05) is 36.3 Å². The number of carbonyl (C=O) groups is 1. The summed E-state index contributed by atoms with van der Waals surface area (Å²) >= 11 is 5.94. The van der Waals surface area contributed by atoms with E-state index in [2.05, 4.69) is 10.3 Å². The molecule has 1 amide bonds. The van der Waals surface area contributed by atoms with E-state index in [1.54, 1.807) is 18.3 Å². The van der Waals surface area contributed by atoms with Crippen LogP contribution in [0.2, 0.25) is 5.02 Å². The van der Waals surface area contributed by atoms with Gasteiger partial charge < -0.3 is 10.1 Å². The number of halogens is 1. The Labute approximate surface area is 128 Å². The lowest BCUT2D eigenvalue weighted by molar-refractivity contribution is -0.127. The number of ether oxygens (including phenoxy) is 1. The summed E-state index contributed by atoms with van der Waals surface area (Å²) in [5, 5.41) is 3.55. The predicted molar refractivity (Wildman–Crippen MR) is 80.5 cm³/mol. The molecule has 1 aliphatic rings. The van der Waals surface area contributed by atoms with Gasteiger partial charge in [0.2, 0.25) is 0 Å². The largest absolute Gasteiger partial charge is 0.480 e. The fourth-order valence-corrected chi connectivity index (χ4v) is 2.53. The highest BCUT2D eigenvalue weighted by Crippen LogP contribution is 2.31. The fraction of sp³-hybridized carbons (Fsp3) is 0.250. The highest BCUT2D eigenvalue weighted by molar-refractivity contribution is 6.30. The first-order chi connectivity index (χ1) is 10.2. The molecule has 2 heterocycles. The monoisotopic (exact) mass is 302 g/mol. The number of nitrogens with one attached hydrogen (secondary N) is 1. The van der Waals surface area contributed by atoms with Crippen LogP contribution in [0.5, 0.6) is 5.75 Å². The average molecular weight is 303 g/mol. The zero-order chi connectivity index (χ0) is 14.7. The van der Waals surface area contributed by atoms with Crippen LogP contribution < -0.4 is 10.1 Å². The zero-order valence-corrected chi connectivity index (χ0v) is 12.1. The standard InChI is InChI=1S/C16H15ClN2O2/c17-12-4-5-14-11(9-12)10-15(21-14)16(20)19-8-6-13-3-1-2-7-18-13/h1-5,7,9,15H,6,8,10H2,(H,19,20). The Morgan fingerprint density at radius 3 is 3.10 bits per heavy atom. The number of carbonyl (C=O) groups excluding carboxylic acids is 1. The number of hydrogen-bond donors (Lipinski definition) is 1. The molecule has 1 N–H and O–H groups in total. The molecule has 108 valence electrons. The molecule has 4 nitrogen and oxygen atoms in total. The third kappa shape index (κ3) is 3.34. The number of rotatable bonds is 4. The van der Waals surface area contributed by atoms with E-state index in [4.69, 9.17) is 16.3 Å². The third-order valence-electron chi connectivity index (χ3n) is 3.40. The second-order valence-electron chi connectivity index (χ2n) is 4.92. The van der Waals surface area contributed by atoms with Crippen molar-refractivity contribution in [3.05, 3.63) is 58.9 Å². The molecule has 0 saturated heterocycles. The van der Waals surface area contributed by atoms with Gasteiger partial charge in [-0.15, -0.1) is 0 Å². The van der Waals surface area contributed by atoms with E-state index in [1.165, 1.54) is 0 Å². The van der Waals surface area contributed by atoms with E-state index in [-0.39, 0.29) is 5.91 Å². The van der Waals surface area contributed by atoms with Gasteiger partial charge in [-0.3, -0.25) is 9.78 Å². The van der Waals surface area contributed by atoms with Gasteiger partial charge in [0.05, 0.1) is 0 Å². The maximum absolute atomic E-state index is 12.1. The highest BCUT2D eigenvalue weighted by atomic mass is 35.5. The molecule has 2 aromatic rings. The van der Waals surface area contributed by atoms with E-state index in [9.17, 15) is 4.79 Å². The number of aromatic nitrogens is 1. The first-order valence-electron chi connectivity index (χ1n) is 6.85. The van der Waals surface area contributed by atoms with Gasteiger partial charge >= 0.3 is 0 Å². The van der Waals surface area contributed by atoms with Gasteiger partial charge in [0.15, 0.2) is 6.10 Å². The quantitative estimate of drug-likeness (QED) is 0.943. The number of amides is 1. The molecule has 21 heavy (non-hydrogen) atoms. The molecule has 0 fully saturated rings. The Kier molecular flexibility index (Phi) is 4.06. The Morgan fingerprint density at radius 1 is 1.38 bits per heavy atom. The number of hydrogen-bond acceptors (Lipinski definition) is 3. The van der Waals surface area contributed by atoms with E-state index in [0.29, 0.717) is 24.4 Å². The van der Waals surface area contributed by atoms with Crippen molar-refractivity contribution in [3.8, 4) is 5.75 Å². The maximum Gasteiger partial charge on any atom is 0.261 e. The molecule has 0 aliphatic carbocycles. The minimum Gasteiger partial charge on any atom is -0.480 e. The van der Waals surface area contributed by atoms with Crippen LogP contribution in [0.4, 0.5) is 0 Å². The second-order valence-corrected chi connectivity index (χ2v) is 5.36. The molecule has 0 radical (unpaired) electrons. The van der Waals surface area contributed by atoms with Crippen LogP contribution in [0.1, 0.15) is 11.3 Å². The zero-order valence-electron chi connectivity index (χ0n) is 11.4.